The van der Waals surface area contributed by atoms with Crippen LogP contribution in [0.4, 0.5) is 5.69 Å². The number of hydrogen-bond acceptors (Lipinski definition) is 2. The van der Waals surface area contributed by atoms with E-state index in [0.717, 1.165) is 50.7 Å². The van der Waals surface area contributed by atoms with Crippen LogP contribution >= 0.6 is 24.0 Å². The van der Waals surface area contributed by atoms with Crippen molar-refractivity contribution >= 4 is 41.5 Å². The number of guanidine groups is 1. The number of amides is 1. The van der Waals surface area contributed by atoms with Crippen LogP contribution in [-0.2, 0) is 11.2 Å². The Morgan fingerprint density at radius 1 is 1.21 bits per heavy atom. The highest BCUT2D eigenvalue weighted by Crippen LogP contribution is 2.47. The molecule has 0 radical (unpaired) electrons. The average Bonchev–Trinajstić information content (AvgIpc) is 3.28. The summed E-state index contributed by atoms with van der Waals surface area (Å²) in [4.78, 5) is 21.8. The first-order chi connectivity index (χ1) is 13.2. The second kappa shape index (κ2) is 9.46. The summed E-state index contributed by atoms with van der Waals surface area (Å²) in [5, 5.41) is 3.45. The van der Waals surface area contributed by atoms with Crippen molar-refractivity contribution in [2.75, 3.05) is 37.6 Å². The monoisotopic (exact) mass is 496 g/mol. The number of anilines is 1. The summed E-state index contributed by atoms with van der Waals surface area (Å²) in [6.45, 7) is 6.83. The minimum absolute atomic E-state index is 0. The lowest BCUT2D eigenvalue weighted by atomic mass is 9.68. The van der Waals surface area contributed by atoms with Crippen LogP contribution in [0.3, 0.4) is 0 Å². The van der Waals surface area contributed by atoms with Crippen LogP contribution in [0.25, 0.3) is 0 Å². The maximum absolute atomic E-state index is 12.6. The molecular weight excluding hydrogens is 463 g/mol. The van der Waals surface area contributed by atoms with Gasteiger partial charge in [-0.25, -0.2) is 0 Å². The Morgan fingerprint density at radius 3 is 2.75 bits per heavy atom. The summed E-state index contributed by atoms with van der Waals surface area (Å²) in [5.41, 5.74) is 2.97. The van der Waals surface area contributed by atoms with Crippen molar-refractivity contribution in [2.24, 2.45) is 10.4 Å². The molecule has 1 aromatic carbocycles. The van der Waals surface area contributed by atoms with Gasteiger partial charge in [-0.3, -0.25) is 9.79 Å². The Labute approximate surface area is 186 Å². The van der Waals surface area contributed by atoms with Gasteiger partial charge in [0.25, 0.3) is 0 Å². The molecule has 154 valence electrons. The zero-order valence-electron chi connectivity index (χ0n) is 17.0. The number of nitrogens with one attached hydrogen (secondary N) is 1. The molecule has 1 aromatic rings. The van der Waals surface area contributed by atoms with E-state index in [1.165, 1.54) is 31.2 Å². The molecule has 5 nitrogen and oxygen atoms in total. The van der Waals surface area contributed by atoms with Gasteiger partial charge in [-0.1, -0.05) is 24.6 Å². The normalized spacial score (nSPS) is 20.0. The third-order valence-electron chi connectivity index (χ3n) is 6.49. The zero-order valence-corrected chi connectivity index (χ0v) is 19.3. The molecule has 0 atom stereocenters. The van der Waals surface area contributed by atoms with Crippen LogP contribution in [0.1, 0.15) is 51.0 Å². The fourth-order valence-electron chi connectivity index (χ4n) is 4.77. The SMILES string of the molecule is CCNC(=NCCCC(=O)N1CCc2ccccc21)N1CCC2(CCC2)C1.I. The summed E-state index contributed by atoms with van der Waals surface area (Å²) >= 11 is 0. The van der Waals surface area contributed by atoms with Crippen LogP contribution in [-0.4, -0.2) is 49.5 Å². The topological polar surface area (TPSA) is 47.9 Å². The van der Waals surface area contributed by atoms with Crippen molar-refractivity contribution in [3.05, 3.63) is 29.8 Å². The van der Waals surface area contributed by atoms with Gasteiger partial charge in [-0.15, -0.1) is 24.0 Å². The fourth-order valence-corrected chi connectivity index (χ4v) is 4.77. The molecule has 1 saturated heterocycles. The summed E-state index contributed by atoms with van der Waals surface area (Å²) < 4.78 is 0. The van der Waals surface area contributed by atoms with Crippen molar-refractivity contribution in [1.82, 2.24) is 10.2 Å². The predicted molar refractivity (Wildman–Crippen MR) is 126 cm³/mol. The largest absolute Gasteiger partial charge is 0.357 e. The van der Waals surface area contributed by atoms with Crippen molar-refractivity contribution in [1.29, 1.82) is 0 Å². The summed E-state index contributed by atoms with van der Waals surface area (Å²) in [5.74, 6) is 1.27. The molecule has 3 aliphatic rings. The van der Waals surface area contributed by atoms with Gasteiger partial charge in [0.05, 0.1) is 0 Å². The zero-order chi connectivity index (χ0) is 18.7. The lowest BCUT2D eigenvalue weighted by molar-refractivity contribution is -0.118. The molecule has 28 heavy (non-hydrogen) atoms. The van der Waals surface area contributed by atoms with E-state index in [1.807, 2.05) is 11.0 Å². The Hall–Kier alpha value is -1.31. The molecule has 1 spiro atoms. The van der Waals surface area contributed by atoms with Crippen molar-refractivity contribution in [3.8, 4) is 0 Å². The highest BCUT2D eigenvalue weighted by molar-refractivity contribution is 14.0. The number of aliphatic imine (C=N–C) groups is 1. The quantitative estimate of drug-likeness (QED) is 0.292. The molecule has 0 aromatic heterocycles. The first kappa shape index (κ1) is 21.4. The molecule has 6 heteroatoms. The van der Waals surface area contributed by atoms with E-state index in [0.29, 0.717) is 18.4 Å². The van der Waals surface area contributed by atoms with Crippen LogP contribution in [0, 0.1) is 5.41 Å². The molecule has 1 aliphatic carbocycles. The van der Waals surface area contributed by atoms with Gasteiger partial charge in [0.2, 0.25) is 5.91 Å². The maximum Gasteiger partial charge on any atom is 0.227 e. The minimum Gasteiger partial charge on any atom is -0.357 e. The van der Waals surface area contributed by atoms with E-state index in [4.69, 9.17) is 4.99 Å². The number of carbonyl (C=O) groups is 1. The summed E-state index contributed by atoms with van der Waals surface area (Å²) in [6, 6.07) is 8.25. The second-order valence-electron chi connectivity index (χ2n) is 8.29. The third-order valence-corrected chi connectivity index (χ3v) is 6.49. The molecule has 2 heterocycles. The molecule has 1 N–H and O–H groups in total. The number of fused-ring (bicyclic) bond motifs is 1. The van der Waals surface area contributed by atoms with Gasteiger partial charge in [0.1, 0.15) is 0 Å². The van der Waals surface area contributed by atoms with Crippen molar-refractivity contribution in [3.63, 3.8) is 0 Å². The van der Waals surface area contributed by atoms with Gasteiger partial charge < -0.3 is 15.1 Å². The average molecular weight is 496 g/mol. The number of likely N-dealkylation sites (tertiary alicyclic amines) is 1. The van der Waals surface area contributed by atoms with E-state index < -0.39 is 0 Å². The molecular formula is C22H33IN4O. The fraction of sp³-hybridized carbons (Fsp3) is 0.636. The third kappa shape index (κ3) is 4.47. The molecule has 1 amide bonds. The number of rotatable bonds is 5. The van der Waals surface area contributed by atoms with E-state index in [-0.39, 0.29) is 29.9 Å². The Morgan fingerprint density at radius 2 is 2.04 bits per heavy atom. The first-order valence-electron chi connectivity index (χ1n) is 10.6. The highest BCUT2D eigenvalue weighted by Gasteiger charge is 2.43. The van der Waals surface area contributed by atoms with Crippen molar-refractivity contribution in [2.45, 2.75) is 51.9 Å². The molecule has 2 fully saturated rings. The summed E-state index contributed by atoms with van der Waals surface area (Å²) in [7, 11) is 0. The van der Waals surface area contributed by atoms with E-state index in [2.05, 4.69) is 35.3 Å². The van der Waals surface area contributed by atoms with Gasteiger partial charge in [-0.05, 0) is 56.1 Å². The molecule has 2 aliphatic heterocycles. The van der Waals surface area contributed by atoms with Gasteiger partial charge in [0.15, 0.2) is 5.96 Å². The lowest BCUT2D eigenvalue weighted by Crippen LogP contribution is -2.42. The smallest absolute Gasteiger partial charge is 0.227 e. The molecule has 4 rings (SSSR count). The molecule has 1 saturated carbocycles. The standard InChI is InChI=1S/C22H32N4O.HI/c1-2-23-21(25-16-13-22(17-25)11-6-12-22)24-14-5-9-20(27)26-15-10-18-7-3-4-8-19(18)26;/h3-4,7-8H,2,5-6,9-17H2,1H3,(H,23,24);1H. The van der Waals surface area contributed by atoms with Gasteiger partial charge in [0, 0.05) is 44.8 Å². The molecule has 0 unspecified atom stereocenters. The second-order valence-corrected chi connectivity index (χ2v) is 8.29. The lowest BCUT2D eigenvalue weighted by Gasteiger charge is -2.38. The highest BCUT2D eigenvalue weighted by atomic mass is 127. The van der Waals surface area contributed by atoms with E-state index >= 15 is 0 Å². The van der Waals surface area contributed by atoms with Crippen LogP contribution in [0.15, 0.2) is 29.3 Å². The number of para-hydroxylation sites is 1. The van der Waals surface area contributed by atoms with E-state index in [1.54, 1.807) is 0 Å². The number of benzene rings is 1. The van der Waals surface area contributed by atoms with Gasteiger partial charge in [-0.2, -0.15) is 0 Å². The van der Waals surface area contributed by atoms with E-state index in [9.17, 15) is 4.79 Å². The molecule has 0 bridgehead atoms. The Balaban J connectivity index is 0.00000225. The predicted octanol–water partition coefficient (Wildman–Crippen LogP) is 3.82. The number of carbonyl (C=O) groups excluding carboxylic acids is 1. The van der Waals surface area contributed by atoms with Gasteiger partial charge >= 0.3 is 0 Å². The van der Waals surface area contributed by atoms with Crippen LogP contribution < -0.4 is 10.2 Å². The number of nitrogens with zero attached hydrogens (tertiary/aromatic N) is 3. The summed E-state index contributed by atoms with van der Waals surface area (Å²) in [6.07, 6.45) is 7.82. The maximum atomic E-state index is 12.6. The minimum atomic E-state index is 0. The van der Waals surface area contributed by atoms with Crippen molar-refractivity contribution < 1.29 is 4.79 Å². The van der Waals surface area contributed by atoms with Crippen LogP contribution in [0.5, 0.6) is 0 Å². The Kier molecular flexibility index (Phi) is 7.23. The number of halogens is 1. The number of hydrogen-bond donors (Lipinski definition) is 1. The Bertz CT molecular complexity index is 716. The van der Waals surface area contributed by atoms with Crippen LogP contribution in [0.2, 0.25) is 0 Å². The first-order valence-corrected chi connectivity index (χ1v) is 10.6.